The van der Waals surface area contributed by atoms with Gasteiger partial charge >= 0.3 is 0 Å². The highest BCUT2D eigenvalue weighted by atomic mass is 16.5. The predicted octanol–water partition coefficient (Wildman–Crippen LogP) is 2.73. The number of hydrogen-bond donors (Lipinski definition) is 2. The number of aryl methyl sites for hydroxylation is 1. The third-order valence-corrected chi connectivity index (χ3v) is 3.59. The second-order valence-electron chi connectivity index (χ2n) is 6.24. The Morgan fingerprint density at radius 3 is 2.08 bits per heavy atom. The maximum absolute atomic E-state index is 12.1. The maximum atomic E-state index is 12.1. The summed E-state index contributed by atoms with van der Waals surface area (Å²) < 4.78 is 5.55. The molecule has 2 amide bonds. The lowest BCUT2D eigenvalue weighted by Gasteiger charge is -2.10. The number of aromatic nitrogens is 1. The highest BCUT2D eigenvalue weighted by molar-refractivity contribution is 5.94. The van der Waals surface area contributed by atoms with E-state index in [-0.39, 0.29) is 17.9 Å². The van der Waals surface area contributed by atoms with Crippen molar-refractivity contribution in [2.24, 2.45) is 0 Å². The number of pyridine rings is 1. The highest BCUT2D eigenvalue weighted by Gasteiger charge is 2.07. The molecule has 0 saturated carbocycles. The van der Waals surface area contributed by atoms with Gasteiger partial charge in [-0.1, -0.05) is 0 Å². The fraction of sp³-hybridized carbons (Fsp3) is 0.350. The number of hydrogen-bond acceptors (Lipinski definition) is 4. The minimum atomic E-state index is -0.162. The monoisotopic (exact) mass is 355 g/mol. The van der Waals surface area contributed by atoms with Crippen LogP contribution in [-0.4, -0.2) is 36.0 Å². The summed E-state index contributed by atoms with van der Waals surface area (Å²) >= 11 is 0. The molecular formula is C20H25N3O3. The smallest absolute Gasteiger partial charge is 0.252 e. The normalized spacial score (nSPS) is 10.5. The molecule has 6 nitrogen and oxygen atoms in total. The van der Waals surface area contributed by atoms with Crippen LogP contribution >= 0.6 is 0 Å². The van der Waals surface area contributed by atoms with Crippen LogP contribution in [0.15, 0.2) is 42.6 Å². The molecule has 0 aliphatic rings. The summed E-state index contributed by atoms with van der Waals surface area (Å²) in [4.78, 5) is 28.1. The third kappa shape index (κ3) is 6.20. The molecule has 0 radical (unpaired) electrons. The molecule has 0 saturated heterocycles. The van der Waals surface area contributed by atoms with Gasteiger partial charge in [0.15, 0.2) is 0 Å². The molecule has 0 spiro atoms. The average molecular weight is 355 g/mol. The number of carbonyl (C=O) groups is 2. The fourth-order valence-corrected chi connectivity index (χ4v) is 2.26. The SMILES string of the molecule is Cc1ccc(C(=O)NCCCNC(=O)c2ccc(OC(C)C)cc2)cn1. The second kappa shape index (κ2) is 9.56. The lowest BCUT2D eigenvalue weighted by atomic mass is 10.2. The van der Waals surface area contributed by atoms with Gasteiger partial charge in [0.1, 0.15) is 5.75 Å². The maximum Gasteiger partial charge on any atom is 0.252 e. The van der Waals surface area contributed by atoms with Crippen molar-refractivity contribution < 1.29 is 14.3 Å². The fourth-order valence-electron chi connectivity index (χ4n) is 2.26. The number of carbonyl (C=O) groups excluding carboxylic acids is 2. The van der Waals surface area contributed by atoms with Crippen molar-refractivity contribution in [1.82, 2.24) is 15.6 Å². The number of ether oxygens (including phenoxy) is 1. The van der Waals surface area contributed by atoms with Crippen LogP contribution in [0.2, 0.25) is 0 Å². The molecule has 26 heavy (non-hydrogen) atoms. The number of nitrogens with one attached hydrogen (secondary N) is 2. The van der Waals surface area contributed by atoms with Crippen LogP contribution in [0.4, 0.5) is 0 Å². The quantitative estimate of drug-likeness (QED) is 0.714. The largest absolute Gasteiger partial charge is 0.491 e. The summed E-state index contributed by atoms with van der Waals surface area (Å²) in [7, 11) is 0. The molecule has 0 fully saturated rings. The second-order valence-corrected chi connectivity index (χ2v) is 6.24. The molecule has 0 unspecified atom stereocenters. The third-order valence-electron chi connectivity index (χ3n) is 3.59. The van der Waals surface area contributed by atoms with Crippen molar-refractivity contribution in [1.29, 1.82) is 0 Å². The molecule has 0 aliphatic carbocycles. The van der Waals surface area contributed by atoms with Gasteiger partial charge in [0, 0.05) is 30.5 Å². The summed E-state index contributed by atoms with van der Waals surface area (Å²) in [5, 5.41) is 5.65. The number of rotatable bonds is 8. The average Bonchev–Trinajstić information content (AvgIpc) is 2.61. The van der Waals surface area contributed by atoms with E-state index in [0.717, 1.165) is 11.4 Å². The van der Waals surface area contributed by atoms with Crippen LogP contribution in [0.1, 0.15) is 46.7 Å². The van der Waals surface area contributed by atoms with Gasteiger partial charge in [0.25, 0.3) is 11.8 Å². The van der Waals surface area contributed by atoms with Gasteiger partial charge in [-0.15, -0.1) is 0 Å². The van der Waals surface area contributed by atoms with E-state index < -0.39 is 0 Å². The van der Waals surface area contributed by atoms with E-state index in [1.165, 1.54) is 0 Å². The Hall–Kier alpha value is -2.89. The Morgan fingerprint density at radius 1 is 0.962 bits per heavy atom. The van der Waals surface area contributed by atoms with Crippen LogP contribution in [0, 0.1) is 6.92 Å². The number of amides is 2. The first kappa shape index (κ1) is 19.4. The van der Waals surface area contributed by atoms with Crippen molar-refractivity contribution in [2.75, 3.05) is 13.1 Å². The lowest BCUT2D eigenvalue weighted by molar-refractivity contribution is 0.0951. The predicted molar refractivity (Wildman–Crippen MR) is 100 cm³/mol. The van der Waals surface area contributed by atoms with Crippen LogP contribution in [0.25, 0.3) is 0 Å². The summed E-state index contributed by atoms with van der Waals surface area (Å²) in [6.07, 6.45) is 2.30. The van der Waals surface area contributed by atoms with Gasteiger partial charge < -0.3 is 15.4 Å². The van der Waals surface area contributed by atoms with E-state index in [0.29, 0.717) is 30.6 Å². The van der Waals surface area contributed by atoms with E-state index >= 15 is 0 Å². The zero-order valence-electron chi connectivity index (χ0n) is 15.4. The van der Waals surface area contributed by atoms with Crippen molar-refractivity contribution in [2.45, 2.75) is 33.3 Å². The topological polar surface area (TPSA) is 80.3 Å². The molecule has 6 heteroatoms. The molecule has 2 aromatic rings. The van der Waals surface area contributed by atoms with Crippen LogP contribution in [0.5, 0.6) is 5.75 Å². The summed E-state index contributed by atoms with van der Waals surface area (Å²) in [6, 6.07) is 10.6. The van der Waals surface area contributed by atoms with Crippen LogP contribution in [-0.2, 0) is 0 Å². The minimum absolute atomic E-state index is 0.0978. The molecule has 0 bridgehead atoms. The summed E-state index contributed by atoms with van der Waals surface area (Å²) in [5.74, 6) is 0.435. The number of nitrogens with zero attached hydrogens (tertiary/aromatic N) is 1. The van der Waals surface area contributed by atoms with Gasteiger partial charge in [0.2, 0.25) is 0 Å². The van der Waals surface area contributed by atoms with E-state index in [4.69, 9.17) is 4.74 Å². The van der Waals surface area contributed by atoms with Gasteiger partial charge in [-0.2, -0.15) is 0 Å². The standard InChI is InChI=1S/C20H25N3O3/c1-14(2)26-18-9-7-16(8-10-18)19(24)21-11-4-12-22-20(25)17-6-5-15(3)23-13-17/h5-10,13-14H,4,11-12H2,1-3H3,(H,21,24)(H,22,25). The van der Waals surface area contributed by atoms with Crippen molar-refractivity contribution in [3.8, 4) is 5.75 Å². The van der Waals surface area contributed by atoms with E-state index in [9.17, 15) is 9.59 Å². The molecule has 0 atom stereocenters. The summed E-state index contributed by atoms with van der Waals surface area (Å²) in [6.45, 7) is 6.74. The van der Waals surface area contributed by atoms with Gasteiger partial charge in [0.05, 0.1) is 11.7 Å². The zero-order chi connectivity index (χ0) is 18.9. The minimum Gasteiger partial charge on any atom is -0.491 e. The first-order chi connectivity index (χ1) is 12.5. The van der Waals surface area contributed by atoms with Gasteiger partial charge in [-0.25, -0.2) is 0 Å². The summed E-state index contributed by atoms with van der Waals surface area (Å²) in [5.41, 5.74) is 1.98. The molecule has 2 N–H and O–H groups in total. The van der Waals surface area contributed by atoms with Crippen molar-refractivity contribution >= 4 is 11.8 Å². The molecule has 0 aliphatic heterocycles. The van der Waals surface area contributed by atoms with Crippen molar-refractivity contribution in [3.63, 3.8) is 0 Å². The first-order valence-corrected chi connectivity index (χ1v) is 8.71. The molecule has 1 aromatic heterocycles. The first-order valence-electron chi connectivity index (χ1n) is 8.71. The van der Waals surface area contributed by atoms with Gasteiger partial charge in [-0.05, 0) is 63.6 Å². The van der Waals surface area contributed by atoms with Crippen LogP contribution < -0.4 is 15.4 Å². The Bertz CT molecular complexity index is 725. The molecule has 2 rings (SSSR count). The molecule has 1 aromatic carbocycles. The Balaban J connectivity index is 1.68. The zero-order valence-corrected chi connectivity index (χ0v) is 15.4. The molecular weight excluding hydrogens is 330 g/mol. The van der Waals surface area contributed by atoms with Crippen LogP contribution in [0.3, 0.4) is 0 Å². The Morgan fingerprint density at radius 2 is 1.54 bits per heavy atom. The van der Waals surface area contributed by atoms with Gasteiger partial charge in [-0.3, -0.25) is 14.6 Å². The molecule has 138 valence electrons. The Kier molecular flexibility index (Phi) is 7.14. The lowest BCUT2D eigenvalue weighted by Crippen LogP contribution is -2.30. The van der Waals surface area contributed by atoms with E-state index in [1.807, 2.05) is 20.8 Å². The molecule has 1 heterocycles. The number of benzene rings is 1. The highest BCUT2D eigenvalue weighted by Crippen LogP contribution is 2.13. The van der Waals surface area contributed by atoms with Crippen molar-refractivity contribution in [3.05, 3.63) is 59.4 Å². The van der Waals surface area contributed by atoms with E-state index in [2.05, 4.69) is 15.6 Å². The van der Waals surface area contributed by atoms with E-state index in [1.54, 1.807) is 42.6 Å². The Labute approximate surface area is 154 Å².